The van der Waals surface area contributed by atoms with Crippen molar-refractivity contribution in [3.63, 3.8) is 0 Å². The van der Waals surface area contributed by atoms with Gasteiger partial charge in [-0.15, -0.1) is 11.8 Å². The summed E-state index contributed by atoms with van der Waals surface area (Å²) in [5, 5.41) is 16.1. The Bertz CT molecular complexity index is 899. The maximum Gasteiger partial charge on any atom is 0.242 e. The lowest BCUT2D eigenvalue weighted by molar-refractivity contribution is -0.139. The minimum atomic E-state index is -1.07. The molecule has 3 aliphatic rings. The summed E-state index contributed by atoms with van der Waals surface area (Å²) in [5.41, 5.74) is 0. The zero-order valence-electron chi connectivity index (χ0n) is 25.3. The number of likely N-dealkylation sites (tertiary alicyclic amines) is 1. The first-order valence-corrected chi connectivity index (χ1v) is 17.8. The van der Waals surface area contributed by atoms with E-state index in [1.165, 1.54) is 16.7 Å². The summed E-state index contributed by atoms with van der Waals surface area (Å²) < 4.78 is 28.1. The molecule has 0 aromatic heterocycles. The van der Waals surface area contributed by atoms with Gasteiger partial charge in [-0.1, -0.05) is 13.3 Å². The molecular weight excluding hydrogens is 601 g/mol. The van der Waals surface area contributed by atoms with E-state index in [9.17, 15) is 24.3 Å². The maximum absolute atomic E-state index is 12.6. The Morgan fingerprint density at radius 1 is 1.05 bits per heavy atom. The van der Waals surface area contributed by atoms with Crippen molar-refractivity contribution in [1.29, 1.82) is 0 Å². The van der Waals surface area contributed by atoms with Gasteiger partial charge in [0.05, 0.1) is 97.1 Å². The molecule has 0 aromatic rings. The topological polar surface area (TPSA) is 162 Å². The first-order chi connectivity index (χ1) is 20.8. The molecule has 1 unspecified atom stereocenters. The number of imide groups is 1. The maximum atomic E-state index is 12.6. The number of rotatable bonds is 22. The van der Waals surface area contributed by atoms with Gasteiger partial charge in [-0.2, -0.15) is 0 Å². The van der Waals surface area contributed by atoms with Crippen LogP contribution in [-0.2, 0) is 42.6 Å². The monoisotopic (exact) mass is 649 g/mol. The summed E-state index contributed by atoms with van der Waals surface area (Å²) in [4.78, 5) is 49.8. The minimum absolute atomic E-state index is 0.125. The molecule has 2 saturated heterocycles. The van der Waals surface area contributed by atoms with E-state index < -0.39 is 25.5 Å². The van der Waals surface area contributed by atoms with Gasteiger partial charge in [0.15, 0.2) is 0 Å². The Labute approximate surface area is 259 Å². The van der Waals surface area contributed by atoms with Crippen molar-refractivity contribution in [2.75, 3.05) is 78.5 Å². The zero-order valence-corrected chi connectivity index (χ0v) is 27.0. The van der Waals surface area contributed by atoms with E-state index >= 15 is 0 Å². The van der Waals surface area contributed by atoms with Crippen LogP contribution in [0.1, 0.15) is 45.4 Å². The highest BCUT2D eigenvalue weighted by atomic mass is 32.2. The minimum Gasteiger partial charge on any atom is -0.389 e. The third-order valence-electron chi connectivity index (χ3n) is 7.65. The predicted octanol–water partition coefficient (Wildman–Crippen LogP) is 0.859. The molecular formula is C28H48N3O10PS. The molecule has 3 N–H and O–H groups in total. The van der Waals surface area contributed by atoms with Gasteiger partial charge in [0.2, 0.25) is 17.7 Å². The number of aliphatic hydroxyl groups excluding tert-OH is 1. The molecule has 0 bridgehead atoms. The van der Waals surface area contributed by atoms with Crippen molar-refractivity contribution >= 4 is 43.4 Å². The second kappa shape index (κ2) is 20.0. The van der Waals surface area contributed by atoms with E-state index in [-0.39, 0.29) is 61.4 Å². The second-order valence-corrected chi connectivity index (χ2v) is 13.8. The number of Topliss-reactive ketones (excluding diaryl/α,β-unsaturated/α-hetero) is 1. The van der Waals surface area contributed by atoms with Crippen LogP contribution in [0.15, 0.2) is 0 Å². The smallest absolute Gasteiger partial charge is 0.242 e. The molecule has 0 spiro atoms. The van der Waals surface area contributed by atoms with Gasteiger partial charge in [-0.05, 0) is 19.9 Å². The summed E-state index contributed by atoms with van der Waals surface area (Å²) in [6, 6.07) is -0.446. The molecule has 0 aromatic carbocycles. The largest absolute Gasteiger partial charge is 0.389 e. The van der Waals surface area contributed by atoms with Crippen LogP contribution in [0, 0.1) is 5.92 Å². The Kier molecular flexibility index (Phi) is 16.9. The highest BCUT2D eigenvalue weighted by Gasteiger charge is 2.40. The fourth-order valence-electron chi connectivity index (χ4n) is 4.84. The zero-order chi connectivity index (χ0) is 31.0. The van der Waals surface area contributed by atoms with Crippen molar-refractivity contribution in [3.05, 3.63) is 0 Å². The molecule has 3 fully saturated rings. The third-order valence-corrected chi connectivity index (χ3v) is 11.0. The molecule has 2 aliphatic heterocycles. The summed E-state index contributed by atoms with van der Waals surface area (Å²) in [6.45, 7) is 4.73. The summed E-state index contributed by atoms with van der Waals surface area (Å²) in [7, 11) is 0.683. The lowest BCUT2D eigenvalue weighted by Crippen LogP contribution is -2.56. The number of hydrogen-bond donors (Lipinski definition) is 3. The standard InChI is InChI=1S/C28H48N3O10PS/c1-3-24(33)30-21-18-41-42(27(29-2)26(21)35)19-40-15-14-39-13-12-38-11-10-37-9-8-31-25(34)17-23(28(31)36)43-16-7-22(32)20-5-4-6-20/h20-21,23,26-27,29,35H,3-19H2,1-2H3,(H,30,33)/t21-,23?,26-,27+,42-/m1/s1. The van der Waals surface area contributed by atoms with Crippen LogP contribution in [0.5, 0.6) is 0 Å². The lowest BCUT2D eigenvalue weighted by Gasteiger charge is -2.40. The number of thioether (sulfide) groups is 1. The molecule has 5 atom stereocenters. The van der Waals surface area contributed by atoms with Crippen LogP contribution in [-0.4, -0.2) is 135 Å². The molecule has 246 valence electrons. The Morgan fingerprint density at radius 3 is 2.30 bits per heavy atom. The fourth-order valence-corrected chi connectivity index (χ4v) is 7.86. The number of aliphatic hydroxyl groups is 1. The van der Waals surface area contributed by atoms with Crippen LogP contribution >= 0.6 is 19.9 Å². The Hall–Kier alpha value is -1.22. The van der Waals surface area contributed by atoms with E-state index in [2.05, 4.69) is 10.6 Å². The number of carbonyl (C=O) groups is 4. The number of ether oxygens (including phenoxy) is 4. The van der Waals surface area contributed by atoms with Crippen molar-refractivity contribution in [1.82, 2.24) is 15.5 Å². The average Bonchev–Trinajstić information content (AvgIpc) is 3.23. The van der Waals surface area contributed by atoms with Crippen LogP contribution in [0.3, 0.4) is 0 Å². The van der Waals surface area contributed by atoms with Crippen LogP contribution in [0.25, 0.3) is 0 Å². The van der Waals surface area contributed by atoms with Gasteiger partial charge in [-0.25, -0.2) is 0 Å². The first kappa shape index (κ1) is 36.3. The Morgan fingerprint density at radius 2 is 1.70 bits per heavy atom. The van der Waals surface area contributed by atoms with E-state index in [0.717, 1.165) is 19.3 Å². The van der Waals surface area contributed by atoms with Gasteiger partial charge in [0.25, 0.3) is 0 Å². The molecule has 13 nitrogen and oxygen atoms in total. The number of likely N-dealkylation sites (N-methyl/N-ethyl adjacent to an activating group) is 1. The quantitative estimate of drug-likeness (QED) is 0.0863. The highest BCUT2D eigenvalue weighted by Crippen LogP contribution is 2.46. The number of hydrogen-bond acceptors (Lipinski definition) is 12. The van der Waals surface area contributed by atoms with Crippen LogP contribution in [0.4, 0.5) is 0 Å². The van der Waals surface area contributed by atoms with E-state index in [1.54, 1.807) is 14.0 Å². The number of nitrogens with one attached hydrogen (secondary N) is 2. The first-order valence-electron chi connectivity index (χ1n) is 15.2. The SMILES string of the molecule is CCC(=O)N[C@@H]1CO[P@](COCCOCCOCCOCCN2C(=O)CC(SCCC(=O)C3CCC3)C2=O)[C@H](NC)[C@@H]1O. The van der Waals surface area contributed by atoms with Crippen LogP contribution in [0.2, 0.25) is 0 Å². The summed E-state index contributed by atoms with van der Waals surface area (Å²) >= 11 is 1.41. The molecule has 1 saturated carbocycles. The molecule has 43 heavy (non-hydrogen) atoms. The van der Waals surface area contributed by atoms with Crippen LogP contribution < -0.4 is 10.6 Å². The molecule has 1 aliphatic carbocycles. The predicted molar refractivity (Wildman–Crippen MR) is 162 cm³/mol. The molecule has 3 rings (SSSR count). The molecule has 2 heterocycles. The number of amides is 3. The Balaban J connectivity index is 1.12. The third kappa shape index (κ3) is 11.9. The lowest BCUT2D eigenvalue weighted by atomic mass is 9.81. The van der Waals surface area contributed by atoms with Crippen molar-refractivity contribution < 1.29 is 47.8 Å². The van der Waals surface area contributed by atoms with Gasteiger partial charge < -0.3 is 39.2 Å². The van der Waals surface area contributed by atoms with Crippen molar-refractivity contribution in [2.24, 2.45) is 5.92 Å². The number of nitrogens with zero attached hydrogens (tertiary/aromatic N) is 1. The summed E-state index contributed by atoms with van der Waals surface area (Å²) in [5.74, 6) is 0.265. The highest BCUT2D eigenvalue weighted by molar-refractivity contribution is 8.00. The number of carbonyl (C=O) groups excluding carboxylic acids is 4. The van der Waals surface area contributed by atoms with Gasteiger partial charge >= 0.3 is 0 Å². The second-order valence-electron chi connectivity index (χ2n) is 10.6. The fraction of sp³-hybridized carbons (Fsp3) is 0.857. The summed E-state index contributed by atoms with van der Waals surface area (Å²) in [6.07, 6.45) is 3.70. The van der Waals surface area contributed by atoms with E-state index in [1.807, 2.05) is 0 Å². The van der Waals surface area contributed by atoms with Crippen molar-refractivity contribution in [3.8, 4) is 0 Å². The molecule has 15 heteroatoms. The number of ketones is 1. The van der Waals surface area contributed by atoms with Gasteiger partial charge in [0.1, 0.15) is 5.78 Å². The van der Waals surface area contributed by atoms with E-state index in [4.69, 9.17) is 23.5 Å². The van der Waals surface area contributed by atoms with Gasteiger partial charge in [0, 0.05) is 30.9 Å². The average molecular weight is 650 g/mol. The molecule has 0 radical (unpaired) electrons. The molecule has 3 amide bonds. The van der Waals surface area contributed by atoms with Gasteiger partial charge in [-0.3, -0.25) is 24.1 Å². The normalized spacial score (nSPS) is 26.1. The van der Waals surface area contributed by atoms with Crippen molar-refractivity contribution in [2.45, 2.75) is 68.6 Å². The van der Waals surface area contributed by atoms with E-state index in [0.29, 0.717) is 64.6 Å².